The topological polar surface area (TPSA) is 220 Å². The molecule has 0 spiro atoms. The zero-order valence-electron chi connectivity index (χ0n) is 27.5. The zero-order chi connectivity index (χ0) is 35.3. The predicted octanol–water partition coefficient (Wildman–Crippen LogP) is 3.37. The van der Waals surface area contributed by atoms with Crippen LogP contribution in [0.3, 0.4) is 0 Å². The molecule has 0 saturated heterocycles. The standard InChI is InChI=1S/C27H42N2O5.C6H8O7/c1-4-33-25(31)28-20-26(14-7-5-8-15-26)18-24(30)34-23-13-10-12-21(17-23)27(32)16-9-6-11-22(27)19-29(2)3;7-3(8)1-6(13,5(11)12)2-4(9)10/h10,12-13,17,22,32H,4-9,11,14-16,18-20H2,1-3H3,(H,28,31);13H,1-2H2,(H,7,8)(H,9,10)(H,11,12)/t22-,27+;/m1./s1. The van der Waals surface area contributed by atoms with Gasteiger partial charge in [-0.2, -0.15) is 0 Å². The summed E-state index contributed by atoms with van der Waals surface area (Å²) in [7, 11) is 4.07. The van der Waals surface area contributed by atoms with Crippen molar-refractivity contribution in [1.82, 2.24) is 10.2 Å². The molecule has 0 radical (unpaired) electrons. The number of nitrogens with one attached hydrogen (secondary N) is 1. The Balaban J connectivity index is 0.000000500. The first-order valence-corrected chi connectivity index (χ1v) is 16.0. The van der Waals surface area contributed by atoms with Gasteiger partial charge in [0.15, 0.2) is 5.60 Å². The molecule has 2 atom stereocenters. The van der Waals surface area contributed by atoms with E-state index in [-0.39, 0.29) is 23.7 Å². The smallest absolute Gasteiger partial charge is 0.407 e. The van der Waals surface area contributed by atoms with Crippen LogP contribution in [-0.2, 0) is 29.5 Å². The minimum Gasteiger partial charge on any atom is -0.481 e. The number of hydrogen-bond donors (Lipinski definition) is 6. The molecule has 14 nitrogen and oxygen atoms in total. The van der Waals surface area contributed by atoms with E-state index < -0.39 is 48.0 Å². The highest BCUT2D eigenvalue weighted by Gasteiger charge is 2.42. The number of carboxylic acid groups (broad SMARTS) is 3. The van der Waals surface area contributed by atoms with Crippen molar-refractivity contribution < 1.29 is 59.0 Å². The number of carbonyl (C=O) groups is 5. The van der Waals surface area contributed by atoms with Gasteiger partial charge in [0.2, 0.25) is 0 Å². The molecule has 14 heteroatoms. The van der Waals surface area contributed by atoms with Crippen molar-refractivity contribution in [2.75, 3.05) is 33.8 Å². The maximum absolute atomic E-state index is 13.0. The molecule has 3 rings (SSSR count). The first-order chi connectivity index (χ1) is 22.0. The number of aliphatic carboxylic acids is 3. The van der Waals surface area contributed by atoms with Crippen LogP contribution in [0.5, 0.6) is 5.75 Å². The first kappa shape index (κ1) is 39.4. The molecule has 1 amide bonds. The summed E-state index contributed by atoms with van der Waals surface area (Å²) in [4.78, 5) is 57.4. The second kappa shape index (κ2) is 18.0. The summed E-state index contributed by atoms with van der Waals surface area (Å²) in [5.41, 5.74) is -3.14. The lowest BCUT2D eigenvalue weighted by molar-refractivity contribution is -0.170. The summed E-state index contributed by atoms with van der Waals surface area (Å²) >= 11 is 0. The normalized spacial score (nSPS) is 20.7. The molecular weight excluding hydrogens is 616 g/mol. The van der Waals surface area contributed by atoms with E-state index in [1.165, 1.54) is 0 Å². The lowest BCUT2D eigenvalue weighted by Crippen LogP contribution is -2.43. The molecule has 0 aromatic heterocycles. The highest BCUT2D eigenvalue weighted by Crippen LogP contribution is 2.43. The van der Waals surface area contributed by atoms with Crippen LogP contribution >= 0.6 is 0 Å². The zero-order valence-corrected chi connectivity index (χ0v) is 27.5. The minimum atomic E-state index is -2.74. The van der Waals surface area contributed by atoms with E-state index in [0.717, 1.165) is 63.5 Å². The molecule has 0 heterocycles. The summed E-state index contributed by atoms with van der Waals surface area (Å²) in [6.45, 7) is 3.32. The van der Waals surface area contributed by atoms with E-state index in [1.54, 1.807) is 13.0 Å². The summed E-state index contributed by atoms with van der Waals surface area (Å²) in [6.07, 6.45) is 6.28. The van der Waals surface area contributed by atoms with Crippen molar-refractivity contribution in [2.45, 2.75) is 95.2 Å². The van der Waals surface area contributed by atoms with Gasteiger partial charge in [-0.25, -0.2) is 9.59 Å². The van der Waals surface area contributed by atoms with Gasteiger partial charge in [0.1, 0.15) is 5.75 Å². The number of carbonyl (C=O) groups excluding carboxylic acids is 2. The highest BCUT2D eigenvalue weighted by molar-refractivity contribution is 5.88. The van der Waals surface area contributed by atoms with Crippen LogP contribution in [0, 0.1) is 11.3 Å². The molecule has 1 aromatic rings. The fraction of sp³-hybridized carbons (Fsp3) is 0.667. The summed E-state index contributed by atoms with van der Waals surface area (Å²) in [6, 6.07) is 7.41. The quantitative estimate of drug-likeness (QED) is 0.124. The van der Waals surface area contributed by atoms with Crippen molar-refractivity contribution >= 4 is 30.0 Å². The number of aliphatic hydroxyl groups is 2. The van der Waals surface area contributed by atoms with E-state index in [0.29, 0.717) is 25.3 Å². The second-order valence-electron chi connectivity index (χ2n) is 12.9. The van der Waals surface area contributed by atoms with E-state index >= 15 is 0 Å². The van der Waals surface area contributed by atoms with Gasteiger partial charge < -0.3 is 45.2 Å². The fourth-order valence-electron chi connectivity index (χ4n) is 6.47. The summed E-state index contributed by atoms with van der Waals surface area (Å²) in [5, 5.41) is 48.3. The fourth-order valence-corrected chi connectivity index (χ4v) is 6.47. The Labute approximate surface area is 275 Å². The Kier molecular flexibility index (Phi) is 15.1. The van der Waals surface area contributed by atoms with Gasteiger partial charge in [-0.1, -0.05) is 44.2 Å². The third-order valence-corrected chi connectivity index (χ3v) is 8.79. The Morgan fingerprint density at radius 2 is 1.57 bits per heavy atom. The Hall–Kier alpha value is -3.75. The second-order valence-corrected chi connectivity index (χ2v) is 12.9. The number of esters is 1. The SMILES string of the molecule is CCOC(=O)NCC1(CC(=O)Oc2cccc([C@@]3(O)CCCC[C@@H]3CN(C)C)c2)CCCCC1.O=C(O)CC(O)(CC(=O)O)C(=O)O. The lowest BCUT2D eigenvalue weighted by Gasteiger charge is -2.41. The average Bonchev–Trinajstić information content (AvgIpc) is 2.97. The molecule has 6 N–H and O–H groups in total. The summed E-state index contributed by atoms with van der Waals surface area (Å²) < 4.78 is 10.8. The van der Waals surface area contributed by atoms with E-state index in [1.807, 2.05) is 32.3 Å². The van der Waals surface area contributed by atoms with Crippen molar-refractivity contribution in [2.24, 2.45) is 11.3 Å². The van der Waals surface area contributed by atoms with Crippen LogP contribution in [0.1, 0.15) is 89.5 Å². The summed E-state index contributed by atoms with van der Waals surface area (Å²) in [5.74, 6) is -4.71. The first-order valence-electron chi connectivity index (χ1n) is 16.0. The predicted molar refractivity (Wildman–Crippen MR) is 169 cm³/mol. The molecule has 264 valence electrons. The Morgan fingerprint density at radius 3 is 2.13 bits per heavy atom. The number of amides is 1. The lowest BCUT2D eigenvalue weighted by atomic mass is 9.71. The van der Waals surface area contributed by atoms with Crippen LogP contribution in [0.2, 0.25) is 0 Å². The van der Waals surface area contributed by atoms with Crippen molar-refractivity contribution in [3.8, 4) is 5.75 Å². The molecule has 0 unspecified atom stereocenters. The molecule has 0 bridgehead atoms. The third-order valence-electron chi connectivity index (χ3n) is 8.79. The highest BCUT2D eigenvalue weighted by atomic mass is 16.5. The number of nitrogens with zero attached hydrogens (tertiary/aromatic N) is 1. The molecule has 0 aliphatic heterocycles. The molecule has 2 saturated carbocycles. The maximum Gasteiger partial charge on any atom is 0.407 e. The molecule has 2 fully saturated rings. The molecule has 2 aliphatic rings. The monoisotopic (exact) mass is 666 g/mol. The Morgan fingerprint density at radius 1 is 0.957 bits per heavy atom. The molecular formula is C33H50N2O12. The van der Waals surface area contributed by atoms with Crippen LogP contribution < -0.4 is 10.1 Å². The van der Waals surface area contributed by atoms with Crippen LogP contribution in [0.15, 0.2) is 24.3 Å². The largest absolute Gasteiger partial charge is 0.481 e. The van der Waals surface area contributed by atoms with Crippen LogP contribution in [0.25, 0.3) is 0 Å². The van der Waals surface area contributed by atoms with Crippen LogP contribution in [0.4, 0.5) is 4.79 Å². The van der Waals surface area contributed by atoms with Gasteiger partial charge >= 0.3 is 30.0 Å². The maximum atomic E-state index is 13.0. The van der Waals surface area contributed by atoms with Gasteiger partial charge in [0.25, 0.3) is 0 Å². The number of benzene rings is 1. The van der Waals surface area contributed by atoms with Gasteiger partial charge in [-0.15, -0.1) is 0 Å². The molecule has 2 aliphatic carbocycles. The number of carboxylic acids is 3. The Bertz CT molecular complexity index is 1210. The molecule has 47 heavy (non-hydrogen) atoms. The minimum absolute atomic E-state index is 0.140. The van der Waals surface area contributed by atoms with Gasteiger partial charge in [0, 0.05) is 19.0 Å². The van der Waals surface area contributed by atoms with Gasteiger partial charge in [0.05, 0.1) is 31.5 Å². The van der Waals surface area contributed by atoms with Gasteiger partial charge in [-0.05, 0) is 69.8 Å². The average molecular weight is 667 g/mol. The van der Waals surface area contributed by atoms with Gasteiger partial charge in [-0.3, -0.25) is 14.4 Å². The molecule has 1 aromatic carbocycles. The third kappa shape index (κ3) is 12.4. The van der Waals surface area contributed by atoms with Crippen molar-refractivity contribution in [3.05, 3.63) is 29.8 Å². The number of hydrogen-bond acceptors (Lipinski definition) is 10. The number of rotatable bonds is 14. The van der Waals surface area contributed by atoms with E-state index in [2.05, 4.69) is 10.2 Å². The number of ether oxygens (including phenoxy) is 2. The number of alkyl carbamates (subject to hydrolysis) is 1. The van der Waals surface area contributed by atoms with Crippen molar-refractivity contribution in [3.63, 3.8) is 0 Å². The van der Waals surface area contributed by atoms with Crippen molar-refractivity contribution in [1.29, 1.82) is 0 Å². The van der Waals surface area contributed by atoms with Crippen LogP contribution in [-0.4, -0.2) is 99.8 Å². The van der Waals surface area contributed by atoms with E-state index in [4.69, 9.17) is 29.9 Å². The van der Waals surface area contributed by atoms with E-state index in [9.17, 15) is 29.1 Å².